The summed E-state index contributed by atoms with van der Waals surface area (Å²) in [7, 11) is 0. The summed E-state index contributed by atoms with van der Waals surface area (Å²) >= 11 is 1.29. The van der Waals surface area contributed by atoms with Crippen LogP contribution in [0.3, 0.4) is 0 Å². The third kappa shape index (κ3) is 2.23. The molecule has 0 aliphatic carbocycles. The van der Waals surface area contributed by atoms with Crippen LogP contribution in [-0.2, 0) is 9.59 Å². The minimum Gasteiger partial charge on any atom is -0.303 e. The van der Waals surface area contributed by atoms with Crippen molar-refractivity contribution in [3.8, 4) is 0 Å². The molecule has 0 saturated carbocycles. The average Bonchev–Trinajstić information content (AvgIpc) is 2.28. The average molecular weight is 187 g/mol. The number of amides is 2. The molecule has 66 valence electrons. The van der Waals surface area contributed by atoms with Gasteiger partial charge in [0.15, 0.2) is 5.17 Å². The van der Waals surface area contributed by atoms with Gasteiger partial charge in [-0.3, -0.25) is 9.59 Å². The highest BCUT2D eigenvalue weighted by Gasteiger charge is 2.25. The van der Waals surface area contributed by atoms with Crippen molar-refractivity contribution < 1.29 is 9.59 Å². The lowest BCUT2D eigenvalue weighted by atomic mass is 10.4. The Morgan fingerprint density at radius 3 is 2.83 bits per heavy atom. The van der Waals surface area contributed by atoms with Crippen molar-refractivity contribution in [3.05, 3.63) is 0 Å². The van der Waals surface area contributed by atoms with Gasteiger partial charge in [0, 0.05) is 6.92 Å². The summed E-state index contributed by atoms with van der Waals surface area (Å²) in [6.45, 7) is 3.13. The van der Waals surface area contributed by atoms with Crippen LogP contribution in [0.2, 0.25) is 0 Å². The monoisotopic (exact) mass is 187 g/mol. The fourth-order valence-corrected chi connectivity index (χ4v) is 1.40. The molecule has 1 heterocycles. The number of rotatable bonds is 1. The fourth-order valence-electron chi connectivity index (χ4n) is 0.641. The first kappa shape index (κ1) is 9.05. The van der Waals surface area contributed by atoms with E-state index in [4.69, 9.17) is 0 Å². The molecule has 1 fully saturated rings. The van der Waals surface area contributed by atoms with Crippen molar-refractivity contribution >= 4 is 28.7 Å². The van der Waals surface area contributed by atoms with Crippen LogP contribution in [0, 0.1) is 0 Å². The van der Waals surface area contributed by atoms with Crippen LogP contribution in [0.4, 0.5) is 0 Å². The van der Waals surface area contributed by atoms with E-state index in [0.717, 1.165) is 0 Å². The van der Waals surface area contributed by atoms with Crippen LogP contribution in [0.5, 0.6) is 0 Å². The maximum Gasteiger partial charge on any atom is 0.239 e. The van der Waals surface area contributed by atoms with E-state index in [-0.39, 0.29) is 17.1 Å². The van der Waals surface area contributed by atoms with E-state index < -0.39 is 0 Å². The van der Waals surface area contributed by atoms with Gasteiger partial charge in [0.05, 0.1) is 5.25 Å². The fraction of sp³-hybridized carbons (Fsp3) is 0.500. The predicted molar refractivity (Wildman–Crippen MR) is 46.4 cm³/mol. The van der Waals surface area contributed by atoms with Crippen LogP contribution < -0.4 is 10.7 Å². The zero-order chi connectivity index (χ0) is 9.14. The van der Waals surface area contributed by atoms with Crippen LogP contribution >= 0.6 is 11.8 Å². The molecule has 1 unspecified atom stereocenters. The van der Waals surface area contributed by atoms with E-state index in [0.29, 0.717) is 5.17 Å². The second-order valence-corrected chi connectivity index (χ2v) is 3.66. The predicted octanol–water partition coefficient (Wildman–Crippen LogP) is -0.355. The Kier molecular flexibility index (Phi) is 2.69. The quantitative estimate of drug-likeness (QED) is 0.551. The first-order valence-electron chi connectivity index (χ1n) is 3.41. The summed E-state index contributed by atoms with van der Waals surface area (Å²) in [6.07, 6.45) is 0. The van der Waals surface area contributed by atoms with Crippen molar-refractivity contribution in [2.45, 2.75) is 19.1 Å². The molecule has 0 spiro atoms. The highest BCUT2D eigenvalue weighted by atomic mass is 32.2. The first-order valence-corrected chi connectivity index (χ1v) is 4.29. The molecule has 12 heavy (non-hydrogen) atoms. The van der Waals surface area contributed by atoms with Gasteiger partial charge in [-0.05, 0) is 6.92 Å². The summed E-state index contributed by atoms with van der Waals surface area (Å²) in [5.41, 5.74) is 2.24. The highest BCUT2D eigenvalue weighted by molar-refractivity contribution is 8.15. The van der Waals surface area contributed by atoms with E-state index in [1.165, 1.54) is 18.7 Å². The van der Waals surface area contributed by atoms with Crippen molar-refractivity contribution in [1.29, 1.82) is 0 Å². The Bertz CT molecular complexity index is 251. The van der Waals surface area contributed by atoms with E-state index in [1.807, 2.05) is 0 Å². The van der Waals surface area contributed by atoms with Gasteiger partial charge in [0.25, 0.3) is 0 Å². The molecule has 2 N–H and O–H groups in total. The third-order valence-electron chi connectivity index (χ3n) is 1.20. The molecule has 1 saturated heterocycles. The van der Waals surface area contributed by atoms with Gasteiger partial charge in [-0.15, -0.1) is 5.10 Å². The lowest BCUT2D eigenvalue weighted by molar-refractivity contribution is -0.119. The number of nitrogens with zero attached hydrogens (tertiary/aromatic N) is 1. The number of carbonyl (C=O) groups is 2. The number of nitrogens with one attached hydrogen (secondary N) is 2. The van der Waals surface area contributed by atoms with E-state index in [2.05, 4.69) is 15.8 Å². The van der Waals surface area contributed by atoms with Crippen LogP contribution in [-0.4, -0.2) is 22.2 Å². The van der Waals surface area contributed by atoms with E-state index in [9.17, 15) is 9.59 Å². The molecule has 5 nitrogen and oxygen atoms in total. The van der Waals surface area contributed by atoms with Crippen molar-refractivity contribution in [2.75, 3.05) is 0 Å². The Morgan fingerprint density at radius 2 is 2.42 bits per heavy atom. The Labute approximate surface area is 74.0 Å². The minimum atomic E-state index is -0.253. The standard InChI is InChI=1S/C6H9N3O2S/c1-3-5(11)7-6(12-3)9-8-4(2)10/h3H,1-2H3,(H,8,10)(H,7,9,11). The van der Waals surface area contributed by atoms with Crippen molar-refractivity contribution in [1.82, 2.24) is 10.7 Å². The van der Waals surface area contributed by atoms with Gasteiger partial charge in [0.2, 0.25) is 11.8 Å². The second-order valence-electron chi connectivity index (χ2n) is 2.33. The molecule has 0 aromatic heterocycles. The van der Waals surface area contributed by atoms with Crippen LogP contribution in [0.25, 0.3) is 0 Å². The smallest absolute Gasteiger partial charge is 0.239 e. The normalized spacial score (nSPS) is 25.7. The van der Waals surface area contributed by atoms with Gasteiger partial charge >= 0.3 is 0 Å². The summed E-state index contributed by atoms with van der Waals surface area (Å²) in [5.74, 6) is -0.332. The van der Waals surface area contributed by atoms with Gasteiger partial charge in [-0.25, -0.2) is 5.43 Å². The molecule has 0 radical (unpaired) electrons. The van der Waals surface area contributed by atoms with Crippen molar-refractivity contribution in [3.63, 3.8) is 0 Å². The summed E-state index contributed by atoms with van der Waals surface area (Å²) in [5, 5.41) is 6.51. The van der Waals surface area contributed by atoms with Crippen LogP contribution in [0.1, 0.15) is 13.8 Å². The molecule has 2 amide bonds. The lowest BCUT2D eigenvalue weighted by Crippen LogP contribution is -2.25. The summed E-state index contributed by atoms with van der Waals surface area (Å²) in [6, 6.07) is 0. The van der Waals surface area contributed by atoms with Gasteiger partial charge < -0.3 is 5.32 Å². The maximum absolute atomic E-state index is 10.9. The molecule has 1 aliphatic rings. The number of thioether (sulfide) groups is 1. The Hall–Kier alpha value is -1.04. The number of hydrazone groups is 1. The summed E-state index contributed by atoms with van der Waals surface area (Å²) in [4.78, 5) is 21.3. The molecule has 1 aliphatic heterocycles. The van der Waals surface area contributed by atoms with Gasteiger partial charge in [-0.2, -0.15) is 0 Å². The highest BCUT2D eigenvalue weighted by Crippen LogP contribution is 2.17. The largest absolute Gasteiger partial charge is 0.303 e. The Morgan fingerprint density at radius 1 is 1.75 bits per heavy atom. The summed E-state index contributed by atoms with van der Waals surface area (Å²) < 4.78 is 0. The van der Waals surface area contributed by atoms with Crippen LogP contribution in [0.15, 0.2) is 5.10 Å². The topological polar surface area (TPSA) is 70.6 Å². The second kappa shape index (κ2) is 3.57. The van der Waals surface area contributed by atoms with Crippen molar-refractivity contribution in [2.24, 2.45) is 5.10 Å². The third-order valence-corrected chi connectivity index (χ3v) is 2.19. The molecule has 6 heteroatoms. The minimum absolute atomic E-state index is 0.0795. The molecule has 1 rings (SSSR count). The molecule has 0 aromatic rings. The number of amidine groups is 1. The molecule has 0 bridgehead atoms. The zero-order valence-corrected chi connectivity index (χ0v) is 7.57. The Balaban J connectivity index is 2.51. The lowest BCUT2D eigenvalue weighted by Gasteiger charge is -1.94. The number of hydrogen-bond donors (Lipinski definition) is 2. The van der Waals surface area contributed by atoms with Gasteiger partial charge in [0.1, 0.15) is 0 Å². The number of carbonyl (C=O) groups excluding carboxylic acids is 2. The van der Waals surface area contributed by atoms with E-state index in [1.54, 1.807) is 6.92 Å². The van der Waals surface area contributed by atoms with E-state index >= 15 is 0 Å². The maximum atomic E-state index is 10.9. The SMILES string of the molecule is CC(=O)N/N=C1/NC(=O)C(C)S1. The molecule has 0 aromatic carbocycles. The zero-order valence-electron chi connectivity index (χ0n) is 6.75. The molecular formula is C6H9N3O2S. The first-order chi connectivity index (χ1) is 5.59. The molecular weight excluding hydrogens is 178 g/mol. The molecule has 1 atom stereocenters. The number of hydrogen-bond acceptors (Lipinski definition) is 4. The van der Waals surface area contributed by atoms with Gasteiger partial charge in [-0.1, -0.05) is 11.8 Å².